The van der Waals surface area contributed by atoms with Crippen molar-refractivity contribution in [1.82, 2.24) is 9.88 Å². The summed E-state index contributed by atoms with van der Waals surface area (Å²) in [5.41, 5.74) is 1.88. The fourth-order valence-electron chi connectivity index (χ4n) is 2.88. The van der Waals surface area contributed by atoms with Crippen LogP contribution >= 0.6 is 0 Å². The highest BCUT2D eigenvalue weighted by molar-refractivity contribution is 6.06. The number of carbonyl (C=O) groups is 1. The van der Waals surface area contributed by atoms with Gasteiger partial charge in [0, 0.05) is 30.2 Å². The van der Waals surface area contributed by atoms with Crippen molar-refractivity contribution >= 4 is 16.8 Å². The van der Waals surface area contributed by atoms with Gasteiger partial charge in [0.05, 0.1) is 5.56 Å². The summed E-state index contributed by atoms with van der Waals surface area (Å²) in [6.07, 6.45) is 7.05. The highest BCUT2D eigenvalue weighted by Gasteiger charge is 2.32. The van der Waals surface area contributed by atoms with Gasteiger partial charge >= 0.3 is 0 Å². The van der Waals surface area contributed by atoms with Crippen LogP contribution in [0.15, 0.2) is 30.5 Å². The van der Waals surface area contributed by atoms with E-state index < -0.39 is 0 Å². The predicted molar refractivity (Wildman–Crippen MR) is 79.7 cm³/mol. The third-order valence-electron chi connectivity index (χ3n) is 4.46. The molecule has 2 aliphatic carbocycles. The summed E-state index contributed by atoms with van der Waals surface area (Å²) >= 11 is 0. The predicted octanol–water partition coefficient (Wildman–Crippen LogP) is 3.43. The zero-order valence-corrected chi connectivity index (χ0v) is 11.6. The lowest BCUT2D eigenvalue weighted by Gasteiger charge is -2.22. The Bertz CT molecular complexity index is 623. The number of nitrogens with zero attached hydrogens (tertiary/aromatic N) is 1. The van der Waals surface area contributed by atoms with Crippen LogP contribution in [0.2, 0.25) is 0 Å². The molecule has 0 spiro atoms. The van der Waals surface area contributed by atoms with E-state index in [0.29, 0.717) is 0 Å². The zero-order chi connectivity index (χ0) is 13.5. The van der Waals surface area contributed by atoms with Gasteiger partial charge in [0.1, 0.15) is 0 Å². The van der Waals surface area contributed by atoms with Crippen molar-refractivity contribution in [3.8, 4) is 0 Å². The summed E-state index contributed by atoms with van der Waals surface area (Å²) in [6.45, 7) is 1.91. The normalized spacial score (nSPS) is 18.4. The molecule has 0 radical (unpaired) electrons. The Kier molecular flexibility index (Phi) is 2.79. The number of fused-ring (bicyclic) bond motifs is 1. The third kappa shape index (κ3) is 2.33. The Labute approximate surface area is 119 Å². The number of nitrogens with one attached hydrogen (secondary N) is 1. The molecule has 1 aromatic heterocycles. The van der Waals surface area contributed by atoms with Gasteiger partial charge in [-0.25, -0.2) is 0 Å². The molecule has 0 bridgehead atoms. The molecule has 2 saturated carbocycles. The average Bonchev–Trinajstić information content (AvgIpc) is 3.38. The summed E-state index contributed by atoms with van der Waals surface area (Å²) in [7, 11) is 0. The van der Waals surface area contributed by atoms with E-state index in [1.807, 2.05) is 30.5 Å². The largest absolute Gasteiger partial charge is 0.360 e. The van der Waals surface area contributed by atoms with E-state index in [1.54, 1.807) is 0 Å². The SMILES string of the molecule is O=C(c1c[nH]c2ccccc12)N(CC1CC1)CC1CC1. The maximum absolute atomic E-state index is 12.9. The second-order valence-electron chi connectivity index (χ2n) is 6.34. The first-order chi connectivity index (χ1) is 9.81. The number of aromatic nitrogens is 1. The number of carbonyl (C=O) groups excluding carboxylic acids is 1. The topological polar surface area (TPSA) is 36.1 Å². The number of H-pyrrole nitrogens is 1. The maximum Gasteiger partial charge on any atom is 0.256 e. The van der Waals surface area contributed by atoms with Crippen LogP contribution in [0.25, 0.3) is 10.9 Å². The fraction of sp³-hybridized carbons (Fsp3) is 0.471. The van der Waals surface area contributed by atoms with Gasteiger partial charge in [-0.3, -0.25) is 4.79 Å². The second kappa shape index (κ2) is 4.65. The lowest BCUT2D eigenvalue weighted by atomic mass is 10.1. The van der Waals surface area contributed by atoms with Crippen LogP contribution in [0.3, 0.4) is 0 Å². The Hall–Kier alpha value is -1.77. The van der Waals surface area contributed by atoms with E-state index in [2.05, 4.69) is 9.88 Å². The van der Waals surface area contributed by atoms with E-state index >= 15 is 0 Å². The smallest absolute Gasteiger partial charge is 0.256 e. The quantitative estimate of drug-likeness (QED) is 0.886. The fourth-order valence-corrected chi connectivity index (χ4v) is 2.88. The number of hydrogen-bond acceptors (Lipinski definition) is 1. The van der Waals surface area contributed by atoms with Gasteiger partial charge in [0.25, 0.3) is 5.91 Å². The summed E-state index contributed by atoms with van der Waals surface area (Å²) < 4.78 is 0. The molecule has 2 fully saturated rings. The standard InChI is InChI=1S/C17H20N2O/c20-17(15-9-18-16-4-2-1-3-14(15)16)19(10-12-5-6-12)11-13-7-8-13/h1-4,9,12-13,18H,5-8,10-11H2. The summed E-state index contributed by atoms with van der Waals surface area (Å²) in [6, 6.07) is 8.06. The molecule has 3 nitrogen and oxygen atoms in total. The molecule has 1 aromatic carbocycles. The van der Waals surface area contributed by atoms with Crippen LogP contribution in [-0.2, 0) is 0 Å². The van der Waals surface area contributed by atoms with Gasteiger partial charge in [-0.05, 0) is 43.6 Å². The third-order valence-corrected chi connectivity index (χ3v) is 4.46. The van der Waals surface area contributed by atoms with Crippen LogP contribution < -0.4 is 0 Å². The van der Waals surface area contributed by atoms with Crippen molar-refractivity contribution in [3.63, 3.8) is 0 Å². The van der Waals surface area contributed by atoms with E-state index in [9.17, 15) is 4.79 Å². The summed E-state index contributed by atoms with van der Waals surface area (Å²) in [5, 5.41) is 1.05. The maximum atomic E-state index is 12.9. The van der Waals surface area contributed by atoms with Crippen LogP contribution in [0, 0.1) is 11.8 Å². The number of para-hydroxylation sites is 1. The number of benzene rings is 1. The van der Waals surface area contributed by atoms with Crippen LogP contribution in [0.1, 0.15) is 36.0 Å². The van der Waals surface area contributed by atoms with Gasteiger partial charge in [-0.15, -0.1) is 0 Å². The number of rotatable bonds is 5. The molecule has 0 atom stereocenters. The van der Waals surface area contributed by atoms with Crippen molar-refractivity contribution in [2.45, 2.75) is 25.7 Å². The molecule has 2 aromatic rings. The molecule has 1 N–H and O–H groups in total. The molecule has 3 heteroatoms. The second-order valence-corrected chi connectivity index (χ2v) is 6.34. The number of aromatic amines is 1. The van der Waals surface area contributed by atoms with E-state index in [4.69, 9.17) is 0 Å². The highest BCUT2D eigenvalue weighted by atomic mass is 16.2. The summed E-state index contributed by atoms with van der Waals surface area (Å²) in [4.78, 5) is 18.2. The molecule has 1 amide bonds. The molecule has 0 aliphatic heterocycles. The van der Waals surface area contributed by atoms with Gasteiger partial charge in [0.15, 0.2) is 0 Å². The lowest BCUT2D eigenvalue weighted by molar-refractivity contribution is 0.0741. The molecule has 2 aliphatic rings. The van der Waals surface area contributed by atoms with Crippen molar-refractivity contribution in [2.24, 2.45) is 11.8 Å². The van der Waals surface area contributed by atoms with E-state index in [0.717, 1.165) is 41.4 Å². The van der Waals surface area contributed by atoms with E-state index in [-0.39, 0.29) is 5.91 Å². The van der Waals surface area contributed by atoms with Crippen molar-refractivity contribution < 1.29 is 4.79 Å². The molecular formula is C17H20N2O. The van der Waals surface area contributed by atoms with E-state index in [1.165, 1.54) is 25.7 Å². The molecule has 20 heavy (non-hydrogen) atoms. The Morgan fingerprint density at radius 3 is 2.40 bits per heavy atom. The van der Waals surface area contributed by atoms with Crippen LogP contribution in [0.5, 0.6) is 0 Å². The number of hydrogen-bond donors (Lipinski definition) is 1. The van der Waals surface area contributed by atoms with Gasteiger partial charge in [-0.1, -0.05) is 18.2 Å². The van der Waals surface area contributed by atoms with Crippen molar-refractivity contribution in [1.29, 1.82) is 0 Å². The molecule has 4 rings (SSSR count). The molecule has 104 valence electrons. The molecule has 1 heterocycles. The van der Waals surface area contributed by atoms with Crippen molar-refractivity contribution in [3.05, 3.63) is 36.0 Å². The van der Waals surface area contributed by atoms with Crippen LogP contribution in [0.4, 0.5) is 0 Å². The zero-order valence-electron chi connectivity index (χ0n) is 11.6. The number of amides is 1. The lowest BCUT2D eigenvalue weighted by Crippen LogP contribution is -2.34. The first-order valence-corrected chi connectivity index (χ1v) is 7.66. The first-order valence-electron chi connectivity index (χ1n) is 7.66. The molecule has 0 saturated heterocycles. The van der Waals surface area contributed by atoms with Gasteiger partial charge in [0.2, 0.25) is 0 Å². The molecular weight excluding hydrogens is 248 g/mol. The van der Waals surface area contributed by atoms with Crippen molar-refractivity contribution in [2.75, 3.05) is 13.1 Å². The Morgan fingerprint density at radius 2 is 1.75 bits per heavy atom. The summed E-state index contributed by atoms with van der Waals surface area (Å²) in [5.74, 6) is 1.71. The Morgan fingerprint density at radius 1 is 1.10 bits per heavy atom. The monoisotopic (exact) mass is 268 g/mol. The van der Waals surface area contributed by atoms with Crippen LogP contribution in [-0.4, -0.2) is 28.9 Å². The Balaban J connectivity index is 1.61. The first kappa shape index (κ1) is 12.0. The highest BCUT2D eigenvalue weighted by Crippen LogP contribution is 2.34. The van der Waals surface area contributed by atoms with Gasteiger partial charge < -0.3 is 9.88 Å². The van der Waals surface area contributed by atoms with Gasteiger partial charge in [-0.2, -0.15) is 0 Å². The molecule has 0 unspecified atom stereocenters. The average molecular weight is 268 g/mol. The minimum atomic E-state index is 0.209. The minimum Gasteiger partial charge on any atom is -0.360 e. The minimum absolute atomic E-state index is 0.209.